The molecule has 0 spiro atoms. The molecule has 0 unspecified atom stereocenters. The molecule has 8 nitrogen and oxygen atoms in total. The molecule has 0 aliphatic heterocycles. The van der Waals surface area contributed by atoms with E-state index in [0.717, 1.165) is 18.2 Å². The first-order valence-corrected chi connectivity index (χ1v) is 5.87. The third-order valence-electron chi connectivity index (χ3n) is 2.59. The predicted molar refractivity (Wildman–Crippen MR) is 67.4 cm³/mol. The van der Waals surface area contributed by atoms with Gasteiger partial charge >= 0.3 is 5.97 Å². The van der Waals surface area contributed by atoms with Crippen molar-refractivity contribution in [3.05, 3.63) is 41.5 Å². The number of nitrogens with one attached hydrogen (secondary N) is 1. The molecule has 0 fully saturated rings. The number of phenolic OH excluding ortho intramolecular Hbond substituents is 1. The number of aromatic hydroxyl groups is 1. The van der Waals surface area contributed by atoms with Gasteiger partial charge in [0.2, 0.25) is 0 Å². The first-order chi connectivity index (χ1) is 9.97. The molecule has 0 atom stereocenters. The van der Waals surface area contributed by atoms with E-state index >= 15 is 0 Å². The van der Waals surface area contributed by atoms with Crippen molar-refractivity contribution in [3.8, 4) is 5.75 Å². The number of carboxylic acid groups (broad SMARTS) is 1. The number of phenols is 1. The van der Waals surface area contributed by atoms with Gasteiger partial charge in [0.25, 0.3) is 5.91 Å². The number of aromatic nitrogens is 3. The minimum atomic E-state index is -1.20. The van der Waals surface area contributed by atoms with Crippen molar-refractivity contribution in [3.63, 3.8) is 0 Å². The Morgan fingerprint density at radius 2 is 2.14 bits per heavy atom. The summed E-state index contributed by atoms with van der Waals surface area (Å²) in [5.74, 6) is -2.82. The third-order valence-corrected chi connectivity index (χ3v) is 2.59. The average molecular weight is 294 g/mol. The van der Waals surface area contributed by atoms with Crippen LogP contribution in [0.15, 0.2) is 24.4 Å². The number of carbonyl (C=O) groups is 2. The summed E-state index contributed by atoms with van der Waals surface area (Å²) in [7, 11) is 0. The van der Waals surface area contributed by atoms with Crippen molar-refractivity contribution in [1.82, 2.24) is 20.3 Å². The second kappa shape index (κ2) is 5.99. The molecule has 0 aliphatic carbocycles. The zero-order valence-electron chi connectivity index (χ0n) is 10.7. The van der Waals surface area contributed by atoms with Gasteiger partial charge in [0.05, 0.1) is 18.3 Å². The zero-order chi connectivity index (χ0) is 15.4. The number of benzene rings is 1. The molecule has 0 saturated carbocycles. The van der Waals surface area contributed by atoms with E-state index in [9.17, 15) is 19.1 Å². The highest BCUT2D eigenvalue weighted by Crippen LogP contribution is 2.17. The summed E-state index contributed by atoms with van der Waals surface area (Å²) in [5, 5.41) is 27.6. The molecule has 9 heteroatoms. The number of halogens is 1. The molecule has 1 heterocycles. The fourth-order valence-electron chi connectivity index (χ4n) is 1.58. The van der Waals surface area contributed by atoms with E-state index < -0.39 is 17.7 Å². The maximum Gasteiger partial charge on any atom is 0.358 e. The van der Waals surface area contributed by atoms with Gasteiger partial charge < -0.3 is 15.5 Å². The standard InChI is InChI=1S/C12H11FN4O4/c13-7-1-2-10(18)8(5-7)11(19)14-3-4-17-6-9(12(20)21)15-16-17/h1-2,5-6,18H,3-4H2,(H,14,19)(H,20,21). The molecular formula is C12H11FN4O4. The van der Waals surface area contributed by atoms with Crippen LogP contribution in [0.25, 0.3) is 0 Å². The third kappa shape index (κ3) is 3.53. The van der Waals surface area contributed by atoms with Crippen molar-refractivity contribution in [2.75, 3.05) is 6.54 Å². The minimum absolute atomic E-state index is 0.108. The van der Waals surface area contributed by atoms with E-state index in [0.29, 0.717) is 0 Å². The predicted octanol–water partition coefficient (Wildman–Crippen LogP) is 0.251. The first-order valence-electron chi connectivity index (χ1n) is 5.87. The van der Waals surface area contributed by atoms with Crippen molar-refractivity contribution in [2.45, 2.75) is 6.54 Å². The van der Waals surface area contributed by atoms with Gasteiger partial charge in [0, 0.05) is 6.54 Å². The SMILES string of the molecule is O=C(O)c1cn(CCNC(=O)c2cc(F)ccc2O)nn1. The molecule has 2 aromatic rings. The van der Waals surface area contributed by atoms with Crippen molar-refractivity contribution < 1.29 is 24.2 Å². The van der Waals surface area contributed by atoms with Gasteiger partial charge in [-0.15, -0.1) is 5.10 Å². The summed E-state index contributed by atoms with van der Waals surface area (Å²) in [6.45, 7) is 0.291. The molecule has 1 aromatic carbocycles. The zero-order valence-corrected chi connectivity index (χ0v) is 10.7. The Kier molecular flexibility index (Phi) is 4.12. The molecule has 0 bridgehead atoms. The van der Waals surface area contributed by atoms with Gasteiger partial charge in [-0.25, -0.2) is 13.9 Å². The average Bonchev–Trinajstić information content (AvgIpc) is 2.90. The fraction of sp³-hybridized carbons (Fsp3) is 0.167. The molecular weight excluding hydrogens is 283 g/mol. The summed E-state index contributed by atoms with van der Waals surface area (Å²) in [6.07, 6.45) is 1.22. The molecule has 1 amide bonds. The Hall–Kier alpha value is -2.97. The highest BCUT2D eigenvalue weighted by molar-refractivity contribution is 5.96. The van der Waals surface area contributed by atoms with E-state index in [1.807, 2.05) is 0 Å². The number of hydrogen-bond donors (Lipinski definition) is 3. The number of carboxylic acids is 1. The van der Waals surface area contributed by atoms with Gasteiger partial charge in [-0.1, -0.05) is 5.21 Å². The maximum absolute atomic E-state index is 13.0. The quantitative estimate of drug-likeness (QED) is 0.727. The molecule has 0 aliphatic rings. The van der Waals surface area contributed by atoms with Crippen LogP contribution in [-0.2, 0) is 6.54 Å². The minimum Gasteiger partial charge on any atom is -0.507 e. The number of carbonyl (C=O) groups excluding carboxylic acids is 1. The maximum atomic E-state index is 13.0. The smallest absolute Gasteiger partial charge is 0.358 e. The van der Waals surface area contributed by atoms with Crippen LogP contribution in [-0.4, -0.2) is 43.6 Å². The summed E-state index contributed by atoms with van der Waals surface area (Å²) in [6, 6.07) is 3.04. The molecule has 3 N–H and O–H groups in total. The summed E-state index contributed by atoms with van der Waals surface area (Å²) < 4.78 is 14.2. The Bertz CT molecular complexity index is 686. The molecule has 0 radical (unpaired) electrons. The topological polar surface area (TPSA) is 117 Å². The van der Waals surface area contributed by atoms with Crippen LogP contribution < -0.4 is 5.32 Å². The molecule has 2 rings (SSSR count). The fourth-order valence-corrected chi connectivity index (χ4v) is 1.58. The number of rotatable bonds is 5. The van der Waals surface area contributed by atoms with Gasteiger partial charge in [0.15, 0.2) is 5.69 Å². The van der Waals surface area contributed by atoms with Crippen molar-refractivity contribution in [2.24, 2.45) is 0 Å². The lowest BCUT2D eigenvalue weighted by molar-refractivity contribution is 0.0690. The summed E-state index contributed by atoms with van der Waals surface area (Å²) in [4.78, 5) is 22.3. The Morgan fingerprint density at radius 3 is 2.81 bits per heavy atom. The normalized spacial score (nSPS) is 10.3. The number of aromatic carboxylic acids is 1. The van der Waals surface area contributed by atoms with Crippen LogP contribution in [0.4, 0.5) is 4.39 Å². The number of nitrogens with zero attached hydrogens (tertiary/aromatic N) is 3. The lowest BCUT2D eigenvalue weighted by atomic mass is 10.2. The monoisotopic (exact) mass is 294 g/mol. The van der Waals surface area contributed by atoms with Crippen LogP contribution in [0.2, 0.25) is 0 Å². The van der Waals surface area contributed by atoms with Gasteiger partial charge in [-0.2, -0.15) is 0 Å². The van der Waals surface area contributed by atoms with Crippen LogP contribution in [0, 0.1) is 5.82 Å². The van der Waals surface area contributed by atoms with Crippen LogP contribution in [0.5, 0.6) is 5.75 Å². The summed E-state index contributed by atoms with van der Waals surface area (Å²) >= 11 is 0. The number of amides is 1. The molecule has 110 valence electrons. The lowest BCUT2D eigenvalue weighted by Gasteiger charge is -2.06. The van der Waals surface area contributed by atoms with E-state index in [1.54, 1.807) is 0 Å². The lowest BCUT2D eigenvalue weighted by Crippen LogP contribution is -2.27. The Balaban J connectivity index is 1.92. The largest absolute Gasteiger partial charge is 0.507 e. The van der Waals surface area contributed by atoms with Crippen molar-refractivity contribution >= 4 is 11.9 Å². The summed E-state index contributed by atoms with van der Waals surface area (Å²) in [5.41, 5.74) is -0.385. The van der Waals surface area contributed by atoms with Crippen LogP contribution in [0.1, 0.15) is 20.8 Å². The molecule has 0 saturated heterocycles. The van der Waals surface area contributed by atoms with Crippen molar-refractivity contribution in [1.29, 1.82) is 0 Å². The highest BCUT2D eigenvalue weighted by atomic mass is 19.1. The highest BCUT2D eigenvalue weighted by Gasteiger charge is 2.12. The van der Waals surface area contributed by atoms with Gasteiger partial charge in [-0.05, 0) is 18.2 Å². The Labute approximate surface area is 117 Å². The van der Waals surface area contributed by atoms with E-state index in [-0.39, 0.29) is 30.1 Å². The van der Waals surface area contributed by atoms with Crippen LogP contribution >= 0.6 is 0 Å². The van der Waals surface area contributed by atoms with E-state index in [1.165, 1.54) is 10.9 Å². The van der Waals surface area contributed by atoms with E-state index in [4.69, 9.17) is 5.11 Å². The Morgan fingerprint density at radius 1 is 1.38 bits per heavy atom. The van der Waals surface area contributed by atoms with Gasteiger partial charge in [-0.3, -0.25) is 4.79 Å². The number of hydrogen-bond acceptors (Lipinski definition) is 5. The van der Waals surface area contributed by atoms with Gasteiger partial charge in [0.1, 0.15) is 11.6 Å². The second-order valence-corrected chi connectivity index (χ2v) is 4.09. The molecule has 1 aromatic heterocycles. The first kappa shape index (κ1) is 14.4. The van der Waals surface area contributed by atoms with Crippen LogP contribution in [0.3, 0.4) is 0 Å². The van der Waals surface area contributed by atoms with E-state index in [2.05, 4.69) is 15.6 Å². The second-order valence-electron chi connectivity index (χ2n) is 4.09. The molecule has 21 heavy (non-hydrogen) atoms.